The van der Waals surface area contributed by atoms with Crippen LogP contribution in [0.2, 0.25) is 0 Å². The molecule has 0 radical (unpaired) electrons. The standard InChI is InChI=1S/C22H33N5O2/c1-17-13-20(26-11-9-25(10-12-26)18(2)28)14-21(23-17)19-5-8-27(15-19)22(29)16-24-6-3-4-7-24/h13-14,19H,3-12,15-16H2,1-2H3/t19-/m1/s1. The fourth-order valence-corrected chi connectivity index (χ4v) is 4.81. The first-order chi connectivity index (χ1) is 14.0. The molecule has 3 saturated heterocycles. The van der Waals surface area contributed by atoms with Crippen LogP contribution in [0.5, 0.6) is 0 Å². The van der Waals surface area contributed by atoms with Crippen LogP contribution in [-0.4, -0.2) is 90.4 Å². The maximum absolute atomic E-state index is 12.7. The number of rotatable bonds is 4. The molecule has 7 nitrogen and oxygen atoms in total. The van der Waals surface area contributed by atoms with E-state index >= 15 is 0 Å². The molecule has 3 fully saturated rings. The second-order valence-electron chi connectivity index (χ2n) is 8.69. The van der Waals surface area contributed by atoms with Gasteiger partial charge in [0, 0.05) is 69.2 Å². The van der Waals surface area contributed by atoms with Gasteiger partial charge in [-0.3, -0.25) is 19.5 Å². The van der Waals surface area contributed by atoms with Crippen LogP contribution in [0.3, 0.4) is 0 Å². The fraction of sp³-hybridized carbons (Fsp3) is 0.682. The molecule has 0 aliphatic carbocycles. The molecule has 3 aliphatic rings. The van der Waals surface area contributed by atoms with Gasteiger partial charge in [0.2, 0.25) is 11.8 Å². The first-order valence-electron chi connectivity index (χ1n) is 11.0. The van der Waals surface area contributed by atoms with Crippen LogP contribution in [-0.2, 0) is 9.59 Å². The van der Waals surface area contributed by atoms with Crippen molar-refractivity contribution in [3.63, 3.8) is 0 Å². The van der Waals surface area contributed by atoms with Crippen LogP contribution in [0, 0.1) is 6.92 Å². The molecule has 1 aromatic rings. The summed E-state index contributed by atoms with van der Waals surface area (Å²) in [4.78, 5) is 37.6. The number of amides is 2. The van der Waals surface area contributed by atoms with Crippen molar-refractivity contribution in [3.8, 4) is 0 Å². The normalized spacial score (nSPS) is 23.1. The van der Waals surface area contributed by atoms with Crippen molar-refractivity contribution in [1.82, 2.24) is 19.7 Å². The smallest absolute Gasteiger partial charge is 0.236 e. The van der Waals surface area contributed by atoms with E-state index in [9.17, 15) is 9.59 Å². The molecule has 1 aromatic heterocycles. The minimum atomic E-state index is 0.154. The number of pyridine rings is 1. The molecule has 0 saturated carbocycles. The summed E-state index contributed by atoms with van der Waals surface area (Å²) in [6.07, 6.45) is 3.42. The number of carbonyl (C=O) groups is 2. The largest absolute Gasteiger partial charge is 0.368 e. The van der Waals surface area contributed by atoms with Crippen LogP contribution < -0.4 is 4.90 Å². The summed E-state index contributed by atoms with van der Waals surface area (Å²) in [6, 6.07) is 4.34. The first-order valence-corrected chi connectivity index (χ1v) is 11.0. The molecule has 4 rings (SSSR count). The van der Waals surface area contributed by atoms with Crippen LogP contribution in [0.1, 0.15) is 43.5 Å². The lowest BCUT2D eigenvalue weighted by Gasteiger charge is -2.36. The van der Waals surface area contributed by atoms with Crippen LogP contribution in [0.4, 0.5) is 5.69 Å². The Kier molecular flexibility index (Phi) is 6.04. The monoisotopic (exact) mass is 399 g/mol. The second-order valence-corrected chi connectivity index (χ2v) is 8.69. The highest BCUT2D eigenvalue weighted by Gasteiger charge is 2.30. The summed E-state index contributed by atoms with van der Waals surface area (Å²) in [5.74, 6) is 0.734. The van der Waals surface area contributed by atoms with E-state index in [2.05, 4.69) is 21.9 Å². The predicted molar refractivity (Wildman–Crippen MR) is 113 cm³/mol. The molecule has 0 N–H and O–H groups in total. The van der Waals surface area contributed by atoms with Crippen LogP contribution in [0.25, 0.3) is 0 Å². The van der Waals surface area contributed by atoms with Gasteiger partial charge in [0.15, 0.2) is 0 Å². The Balaban J connectivity index is 1.39. The van der Waals surface area contributed by atoms with Gasteiger partial charge in [0.05, 0.1) is 6.54 Å². The van der Waals surface area contributed by atoms with Crippen molar-refractivity contribution in [3.05, 3.63) is 23.5 Å². The van der Waals surface area contributed by atoms with Gasteiger partial charge in [-0.15, -0.1) is 0 Å². The zero-order valence-electron chi connectivity index (χ0n) is 17.8. The van der Waals surface area contributed by atoms with E-state index in [0.717, 1.165) is 70.2 Å². The number of aryl methyl sites for hydroxylation is 1. The highest BCUT2D eigenvalue weighted by Crippen LogP contribution is 2.29. The molecule has 4 heterocycles. The molecular weight excluding hydrogens is 366 g/mol. The molecule has 2 amide bonds. The predicted octanol–water partition coefficient (Wildman–Crippen LogP) is 1.47. The van der Waals surface area contributed by atoms with Crippen molar-refractivity contribution in [2.24, 2.45) is 0 Å². The van der Waals surface area contributed by atoms with E-state index in [4.69, 9.17) is 4.98 Å². The van der Waals surface area contributed by atoms with Gasteiger partial charge in [-0.25, -0.2) is 0 Å². The van der Waals surface area contributed by atoms with Crippen LogP contribution >= 0.6 is 0 Å². The summed E-state index contributed by atoms with van der Waals surface area (Å²) in [5, 5.41) is 0. The van der Waals surface area contributed by atoms with Crippen molar-refractivity contribution < 1.29 is 9.59 Å². The van der Waals surface area contributed by atoms with E-state index in [1.165, 1.54) is 18.5 Å². The quantitative estimate of drug-likeness (QED) is 0.767. The third-order valence-corrected chi connectivity index (χ3v) is 6.56. The summed E-state index contributed by atoms with van der Waals surface area (Å²) in [6.45, 7) is 11.2. The topological polar surface area (TPSA) is 60.0 Å². The van der Waals surface area contributed by atoms with Crippen molar-refractivity contribution in [1.29, 1.82) is 0 Å². The highest BCUT2D eigenvalue weighted by atomic mass is 16.2. The first kappa shape index (κ1) is 20.1. The highest BCUT2D eigenvalue weighted by molar-refractivity contribution is 5.78. The Labute approximate surface area is 173 Å². The Morgan fingerprint density at radius 3 is 2.41 bits per heavy atom. The molecular formula is C22H33N5O2. The molecule has 7 heteroatoms. The van der Waals surface area contributed by atoms with Crippen molar-refractivity contribution >= 4 is 17.5 Å². The number of carbonyl (C=O) groups excluding carboxylic acids is 2. The lowest BCUT2D eigenvalue weighted by molar-refractivity contribution is -0.131. The average molecular weight is 400 g/mol. The molecule has 1 atom stereocenters. The van der Waals surface area contributed by atoms with E-state index in [0.29, 0.717) is 12.5 Å². The minimum absolute atomic E-state index is 0.154. The Bertz CT molecular complexity index is 754. The number of anilines is 1. The molecule has 158 valence electrons. The van der Waals surface area contributed by atoms with Gasteiger partial charge < -0.3 is 14.7 Å². The van der Waals surface area contributed by atoms with Gasteiger partial charge in [0.25, 0.3) is 0 Å². The maximum atomic E-state index is 12.7. The van der Waals surface area contributed by atoms with E-state index in [1.807, 2.05) is 16.7 Å². The Morgan fingerprint density at radius 1 is 1.00 bits per heavy atom. The van der Waals surface area contributed by atoms with E-state index in [-0.39, 0.29) is 11.8 Å². The molecule has 0 spiro atoms. The summed E-state index contributed by atoms with van der Waals surface area (Å²) in [7, 11) is 0. The maximum Gasteiger partial charge on any atom is 0.236 e. The minimum Gasteiger partial charge on any atom is -0.368 e. The number of hydrogen-bond donors (Lipinski definition) is 0. The summed E-state index contributed by atoms with van der Waals surface area (Å²) < 4.78 is 0. The zero-order chi connectivity index (χ0) is 20.4. The molecule has 0 bridgehead atoms. The number of piperazine rings is 1. The Hall–Kier alpha value is -2.15. The number of likely N-dealkylation sites (tertiary alicyclic amines) is 2. The molecule has 29 heavy (non-hydrogen) atoms. The number of hydrogen-bond acceptors (Lipinski definition) is 5. The van der Waals surface area contributed by atoms with Gasteiger partial charge in [0.1, 0.15) is 0 Å². The van der Waals surface area contributed by atoms with Crippen molar-refractivity contribution in [2.45, 2.75) is 39.0 Å². The summed E-state index contributed by atoms with van der Waals surface area (Å²) in [5.41, 5.74) is 3.32. The van der Waals surface area contributed by atoms with Gasteiger partial charge in [-0.05, 0) is 51.4 Å². The van der Waals surface area contributed by atoms with Crippen LogP contribution in [0.15, 0.2) is 12.1 Å². The van der Waals surface area contributed by atoms with Gasteiger partial charge in [-0.2, -0.15) is 0 Å². The Morgan fingerprint density at radius 2 is 1.72 bits per heavy atom. The molecule has 0 unspecified atom stereocenters. The summed E-state index contributed by atoms with van der Waals surface area (Å²) >= 11 is 0. The van der Waals surface area contributed by atoms with E-state index < -0.39 is 0 Å². The lowest BCUT2D eigenvalue weighted by atomic mass is 10.0. The van der Waals surface area contributed by atoms with Gasteiger partial charge >= 0.3 is 0 Å². The number of aromatic nitrogens is 1. The van der Waals surface area contributed by atoms with E-state index in [1.54, 1.807) is 6.92 Å². The number of nitrogens with zero attached hydrogens (tertiary/aromatic N) is 5. The van der Waals surface area contributed by atoms with Gasteiger partial charge in [-0.1, -0.05) is 0 Å². The molecule has 3 aliphatic heterocycles. The zero-order valence-corrected chi connectivity index (χ0v) is 17.8. The second kappa shape index (κ2) is 8.69. The SMILES string of the molecule is CC(=O)N1CCN(c2cc(C)nc([C@@H]3CCN(C(=O)CN4CCCC4)C3)c2)CC1. The third-order valence-electron chi connectivity index (χ3n) is 6.56. The average Bonchev–Trinajstić information content (AvgIpc) is 3.39. The fourth-order valence-electron chi connectivity index (χ4n) is 4.81. The molecule has 0 aromatic carbocycles. The lowest BCUT2D eigenvalue weighted by Crippen LogP contribution is -2.48. The van der Waals surface area contributed by atoms with Crippen molar-refractivity contribution in [2.75, 3.05) is 63.8 Å². The third kappa shape index (κ3) is 4.71.